The van der Waals surface area contributed by atoms with E-state index in [1.54, 1.807) is 33.1 Å². The first kappa shape index (κ1) is 19.7. The summed E-state index contributed by atoms with van der Waals surface area (Å²) >= 11 is 0. The van der Waals surface area contributed by atoms with E-state index in [-0.39, 0.29) is 25.7 Å². The van der Waals surface area contributed by atoms with Crippen LogP contribution >= 0.6 is 0 Å². The Hall–Kier alpha value is -1.64. The number of nitrogens with zero attached hydrogens (tertiary/aromatic N) is 1. The number of carboxylic acids is 1. The van der Waals surface area contributed by atoms with Gasteiger partial charge in [-0.3, -0.25) is 4.79 Å². The minimum atomic E-state index is -3.64. The Kier molecular flexibility index (Phi) is 6.42. The van der Waals surface area contributed by atoms with Gasteiger partial charge in [0.15, 0.2) is 0 Å². The number of hydrogen-bond donors (Lipinski definition) is 1. The predicted octanol–water partition coefficient (Wildman–Crippen LogP) is 1.96. The van der Waals surface area contributed by atoms with Gasteiger partial charge in [0.2, 0.25) is 10.0 Å². The molecule has 0 bridgehead atoms. The van der Waals surface area contributed by atoms with E-state index < -0.39 is 16.0 Å². The molecule has 1 aromatic rings. The van der Waals surface area contributed by atoms with E-state index in [1.165, 1.54) is 4.31 Å². The van der Waals surface area contributed by atoms with Crippen LogP contribution in [0.2, 0.25) is 0 Å². The van der Waals surface area contributed by atoms with E-state index in [0.717, 1.165) is 6.42 Å². The molecular formula is C17H25NO6S. The molecule has 1 saturated heterocycles. The molecule has 7 nitrogen and oxygen atoms in total. The fraction of sp³-hybridized carbons (Fsp3) is 0.588. The first-order valence-electron chi connectivity index (χ1n) is 8.24. The van der Waals surface area contributed by atoms with Crippen LogP contribution in [-0.4, -0.2) is 56.7 Å². The Morgan fingerprint density at radius 2 is 1.96 bits per heavy atom. The van der Waals surface area contributed by atoms with E-state index in [9.17, 15) is 13.2 Å². The van der Waals surface area contributed by atoms with Crippen molar-refractivity contribution in [2.45, 2.75) is 44.1 Å². The van der Waals surface area contributed by atoms with Gasteiger partial charge in [0.25, 0.3) is 0 Å². The van der Waals surface area contributed by atoms with Crippen molar-refractivity contribution in [2.24, 2.45) is 0 Å². The second-order valence-corrected chi connectivity index (χ2v) is 8.11. The van der Waals surface area contributed by atoms with Gasteiger partial charge in [-0.1, -0.05) is 0 Å². The van der Waals surface area contributed by atoms with Crippen molar-refractivity contribution in [1.29, 1.82) is 0 Å². The van der Waals surface area contributed by atoms with Gasteiger partial charge in [-0.15, -0.1) is 0 Å². The molecule has 0 aliphatic carbocycles. The third kappa shape index (κ3) is 4.71. The first-order chi connectivity index (χ1) is 11.8. The van der Waals surface area contributed by atoms with Crippen LogP contribution in [0.4, 0.5) is 0 Å². The summed E-state index contributed by atoms with van der Waals surface area (Å²) in [6.45, 7) is 4.29. The number of carboxylic acid groups (broad SMARTS) is 1. The Morgan fingerprint density at radius 1 is 1.32 bits per heavy atom. The number of benzene rings is 1. The molecular weight excluding hydrogens is 346 g/mol. The van der Waals surface area contributed by atoms with Gasteiger partial charge in [-0.25, -0.2) is 8.42 Å². The lowest BCUT2D eigenvalue weighted by Gasteiger charge is -2.32. The zero-order valence-corrected chi connectivity index (χ0v) is 15.6. The first-order valence-corrected chi connectivity index (χ1v) is 9.68. The number of carbonyl (C=O) groups is 1. The molecule has 1 aliphatic heterocycles. The number of aliphatic carboxylic acids is 1. The molecule has 1 atom stereocenters. The Labute approximate surface area is 148 Å². The molecule has 8 heteroatoms. The highest BCUT2D eigenvalue weighted by Gasteiger charge is 2.32. The molecule has 25 heavy (non-hydrogen) atoms. The van der Waals surface area contributed by atoms with Crippen molar-refractivity contribution in [3.63, 3.8) is 0 Å². The van der Waals surface area contributed by atoms with Crippen molar-refractivity contribution in [1.82, 2.24) is 4.31 Å². The summed E-state index contributed by atoms with van der Waals surface area (Å²) < 4.78 is 38.4. The lowest BCUT2D eigenvalue weighted by Crippen LogP contribution is -2.43. The number of sulfonamides is 1. The smallest absolute Gasteiger partial charge is 0.305 e. The molecule has 0 radical (unpaired) electrons. The molecule has 0 spiro atoms. The average Bonchev–Trinajstić information content (AvgIpc) is 2.53. The van der Waals surface area contributed by atoms with E-state index in [2.05, 4.69) is 0 Å². The van der Waals surface area contributed by atoms with Gasteiger partial charge in [0, 0.05) is 13.1 Å². The fourth-order valence-corrected chi connectivity index (χ4v) is 5.06. The van der Waals surface area contributed by atoms with Crippen LogP contribution in [0, 0.1) is 13.8 Å². The molecule has 1 heterocycles. The second-order valence-electron chi connectivity index (χ2n) is 6.23. The number of methoxy groups -OCH3 is 1. The topological polar surface area (TPSA) is 93.1 Å². The number of aryl methyl sites for hydroxylation is 2. The van der Waals surface area contributed by atoms with Crippen LogP contribution in [0.15, 0.2) is 17.0 Å². The number of hydrogen-bond acceptors (Lipinski definition) is 5. The lowest BCUT2D eigenvalue weighted by atomic mass is 10.1. The summed E-state index contributed by atoms with van der Waals surface area (Å²) in [7, 11) is -2.09. The Bertz CT molecular complexity index is 708. The number of piperidine rings is 1. The van der Waals surface area contributed by atoms with Crippen molar-refractivity contribution in [2.75, 3.05) is 26.8 Å². The molecule has 0 amide bonds. The van der Waals surface area contributed by atoms with Crippen molar-refractivity contribution in [3.05, 3.63) is 23.3 Å². The minimum Gasteiger partial charge on any atom is -0.497 e. The van der Waals surface area contributed by atoms with Crippen molar-refractivity contribution >= 4 is 16.0 Å². The zero-order valence-electron chi connectivity index (χ0n) is 14.8. The van der Waals surface area contributed by atoms with Gasteiger partial charge in [0.1, 0.15) is 5.75 Å². The van der Waals surface area contributed by atoms with Gasteiger partial charge in [-0.05, 0) is 49.9 Å². The highest BCUT2D eigenvalue weighted by Crippen LogP contribution is 2.30. The second kappa shape index (κ2) is 8.16. The average molecular weight is 371 g/mol. The van der Waals surface area contributed by atoms with Crippen LogP contribution < -0.4 is 4.74 Å². The minimum absolute atomic E-state index is 0.0834. The van der Waals surface area contributed by atoms with Gasteiger partial charge in [0.05, 0.1) is 31.1 Å². The molecule has 2 rings (SSSR count). The van der Waals surface area contributed by atoms with E-state index in [1.807, 2.05) is 0 Å². The van der Waals surface area contributed by atoms with Crippen LogP contribution in [0.3, 0.4) is 0 Å². The summed E-state index contributed by atoms with van der Waals surface area (Å²) in [4.78, 5) is 10.9. The van der Waals surface area contributed by atoms with E-state index >= 15 is 0 Å². The van der Waals surface area contributed by atoms with Gasteiger partial charge < -0.3 is 14.6 Å². The SMILES string of the molecule is COc1cc(C)c(S(=O)(=O)N2CCCC(OCCC(=O)O)C2)c(C)c1. The Morgan fingerprint density at radius 3 is 2.52 bits per heavy atom. The zero-order chi connectivity index (χ0) is 18.6. The summed E-state index contributed by atoms with van der Waals surface area (Å²) in [6.07, 6.45) is 1.05. The molecule has 1 aliphatic rings. The summed E-state index contributed by atoms with van der Waals surface area (Å²) in [5.74, 6) is -0.299. The third-order valence-electron chi connectivity index (χ3n) is 4.28. The normalized spacial score (nSPS) is 18.9. The molecule has 1 fully saturated rings. The molecule has 0 saturated carbocycles. The van der Waals surface area contributed by atoms with Crippen LogP contribution in [0.25, 0.3) is 0 Å². The predicted molar refractivity (Wildman–Crippen MR) is 92.5 cm³/mol. The molecule has 1 aromatic carbocycles. The largest absolute Gasteiger partial charge is 0.497 e. The van der Waals surface area contributed by atoms with Crippen LogP contribution in [0.5, 0.6) is 5.75 Å². The maximum Gasteiger partial charge on any atom is 0.305 e. The highest BCUT2D eigenvalue weighted by atomic mass is 32.2. The molecule has 1 unspecified atom stereocenters. The summed E-state index contributed by atoms with van der Waals surface area (Å²) in [5.41, 5.74) is 1.29. The molecule has 1 N–H and O–H groups in total. The van der Waals surface area contributed by atoms with E-state index in [0.29, 0.717) is 34.7 Å². The standard InChI is InChI=1S/C17H25NO6S/c1-12-9-15(23-3)10-13(2)17(12)25(21,22)18-7-4-5-14(11-18)24-8-6-16(19)20/h9-10,14H,4-8,11H2,1-3H3,(H,19,20). The lowest BCUT2D eigenvalue weighted by molar-refractivity contribution is -0.138. The summed E-state index contributed by atoms with van der Waals surface area (Å²) in [5, 5.41) is 8.68. The van der Waals surface area contributed by atoms with Crippen LogP contribution in [0.1, 0.15) is 30.4 Å². The van der Waals surface area contributed by atoms with Crippen molar-refractivity contribution in [3.8, 4) is 5.75 Å². The van der Waals surface area contributed by atoms with Crippen LogP contribution in [-0.2, 0) is 19.6 Å². The maximum absolute atomic E-state index is 13.1. The quantitative estimate of drug-likeness (QED) is 0.787. The van der Waals surface area contributed by atoms with Gasteiger partial charge in [-0.2, -0.15) is 4.31 Å². The Balaban J connectivity index is 2.17. The monoisotopic (exact) mass is 371 g/mol. The summed E-state index contributed by atoms with van der Waals surface area (Å²) in [6, 6.07) is 3.43. The molecule has 140 valence electrons. The van der Waals surface area contributed by atoms with Crippen molar-refractivity contribution < 1.29 is 27.8 Å². The third-order valence-corrected chi connectivity index (χ3v) is 6.45. The van der Waals surface area contributed by atoms with E-state index in [4.69, 9.17) is 14.6 Å². The molecule has 0 aromatic heterocycles. The van der Waals surface area contributed by atoms with Gasteiger partial charge >= 0.3 is 5.97 Å². The number of ether oxygens (including phenoxy) is 2. The maximum atomic E-state index is 13.1. The highest BCUT2D eigenvalue weighted by molar-refractivity contribution is 7.89. The number of rotatable bonds is 7. The fourth-order valence-electron chi connectivity index (χ4n) is 3.14.